The maximum absolute atomic E-state index is 4.60. The molecule has 0 radical (unpaired) electrons. The van der Waals surface area contributed by atoms with Gasteiger partial charge in [0.25, 0.3) is 0 Å². The van der Waals surface area contributed by atoms with Crippen molar-refractivity contribution >= 4 is 23.1 Å². The fraction of sp³-hybridized carbons (Fsp3) is 0.400. The van der Waals surface area contributed by atoms with Crippen LogP contribution in [0.25, 0.3) is 0 Å². The molecule has 0 fully saturated rings. The molecule has 0 aliphatic heterocycles. The Kier molecular flexibility index (Phi) is 5.43. The van der Waals surface area contributed by atoms with Crippen LogP contribution in [0.5, 0.6) is 0 Å². The smallest absolute Gasteiger partial charge is 0.0925 e. The highest BCUT2D eigenvalue weighted by Gasteiger charge is 2.05. The highest BCUT2D eigenvalue weighted by Crippen LogP contribution is 2.26. The number of hydrogen-bond acceptors (Lipinski definition) is 4. The summed E-state index contributed by atoms with van der Waals surface area (Å²) in [6.07, 6.45) is 1.03. The Bertz CT molecular complexity index is 522. The molecule has 1 aromatic heterocycles. The Morgan fingerprint density at radius 3 is 2.95 bits per heavy atom. The Balaban J connectivity index is 1.99. The second-order valence-corrected chi connectivity index (χ2v) is 6.45. The number of nitrogens with zero attached hydrogens (tertiary/aromatic N) is 1. The van der Waals surface area contributed by atoms with E-state index in [4.69, 9.17) is 0 Å². The largest absolute Gasteiger partial charge is 0.313 e. The minimum Gasteiger partial charge on any atom is -0.313 e. The van der Waals surface area contributed by atoms with Crippen molar-refractivity contribution < 1.29 is 0 Å². The molecule has 0 aliphatic carbocycles. The lowest BCUT2D eigenvalue weighted by Crippen LogP contribution is -2.11. The van der Waals surface area contributed by atoms with Crippen LogP contribution >= 0.6 is 23.1 Å². The average molecular weight is 292 g/mol. The predicted octanol–water partition coefficient (Wildman–Crippen LogP) is 4.28. The highest BCUT2D eigenvalue weighted by molar-refractivity contribution is 7.98. The first-order chi connectivity index (χ1) is 9.22. The van der Waals surface area contributed by atoms with Gasteiger partial charge in [0, 0.05) is 22.1 Å². The summed E-state index contributed by atoms with van der Waals surface area (Å²) in [5.41, 5.74) is 2.53. The number of aryl methyl sites for hydroxylation is 1. The topological polar surface area (TPSA) is 24.9 Å². The third kappa shape index (κ3) is 4.06. The number of thioether (sulfide) groups is 1. The van der Waals surface area contributed by atoms with Crippen LogP contribution in [0.3, 0.4) is 0 Å². The molecular weight excluding hydrogens is 272 g/mol. The van der Waals surface area contributed by atoms with Crippen molar-refractivity contribution in [2.45, 2.75) is 37.0 Å². The molecule has 19 heavy (non-hydrogen) atoms. The number of aromatic nitrogens is 1. The van der Waals surface area contributed by atoms with Gasteiger partial charge in [0.2, 0.25) is 0 Å². The van der Waals surface area contributed by atoms with E-state index in [0.717, 1.165) is 12.2 Å². The van der Waals surface area contributed by atoms with Crippen LogP contribution in [0.15, 0.2) is 34.5 Å². The van der Waals surface area contributed by atoms with E-state index in [-0.39, 0.29) is 0 Å². The minimum atomic E-state index is 0.395. The summed E-state index contributed by atoms with van der Waals surface area (Å²) in [5.74, 6) is 0.952. The molecule has 0 amide bonds. The Hall–Kier alpha value is -0.840. The fourth-order valence-corrected chi connectivity index (χ4v) is 3.48. The quantitative estimate of drug-likeness (QED) is 0.804. The molecule has 1 unspecified atom stereocenters. The summed E-state index contributed by atoms with van der Waals surface area (Å²) in [6, 6.07) is 9.13. The minimum absolute atomic E-state index is 0.395. The van der Waals surface area contributed by atoms with Crippen LogP contribution in [-0.4, -0.2) is 12.0 Å². The molecule has 2 aromatic rings. The van der Waals surface area contributed by atoms with Crippen LogP contribution in [0, 0.1) is 0 Å². The summed E-state index contributed by atoms with van der Waals surface area (Å²) >= 11 is 3.62. The van der Waals surface area contributed by atoms with Crippen molar-refractivity contribution in [1.82, 2.24) is 10.3 Å². The molecule has 1 N–H and O–H groups in total. The maximum Gasteiger partial charge on any atom is 0.0925 e. The van der Waals surface area contributed by atoms with E-state index >= 15 is 0 Å². The van der Waals surface area contributed by atoms with Gasteiger partial charge >= 0.3 is 0 Å². The lowest BCUT2D eigenvalue weighted by Gasteiger charge is -2.11. The second-order valence-electron chi connectivity index (χ2n) is 4.46. The van der Waals surface area contributed by atoms with Gasteiger partial charge in [0.05, 0.1) is 10.7 Å². The predicted molar refractivity (Wildman–Crippen MR) is 85.0 cm³/mol. The van der Waals surface area contributed by atoms with Crippen LogP contribution in [0.2, 0.25) is 0 Å². The lowest BCUT2D eigenvalue weighted by molar-refractivity contribution is 0.651. The van der Waals surface area contributed by atoms with Gasteiger partial charge < -0.3 is 5.32 Å². The number of thiazole rings is 1. The molecule has 2 nitrogen and oxygen atoms in total. The summed E-state index contributed by atoms with van der Waals surface area (Å²) < 4.78 is 0. The van der Waals surface area contributed by atoms with Crippen molar-refractivity contribution in [3.63, 3.8) is 0 Å². The van der Waals surface area contributed by atoms with Gasteiger partial charge in [-0.15, -0.1) is 23.1 Å². The summed E-state index contributed by atoms with van der Waals surface area (Å²) in [5, 5.41) is 6.68. The van der Waals surface area contributed by atoms with E-state index in [1.165, 1.54) is 21.2 Å². The molecule has 0 aliphatic rings. The van der Waals surface area contributed by atoms with Crippen LogP contribution in [-0.2, 0) is 12.2 Å². The lowest BCUT2D eigenvalue weighted by atomic mass is 10.1. The van der Waals surface area contributed by atoms with E-state index in [1.54, 1.807) is 11.3 Å². The first-order valence-electron chi connectivity index (χ1n) is 6.56. The van der Waals surface area contributed by atoms with Gasteiger partial charge in [-0.05, 0) is 38.1 Å². The molecule has 0 bridgehead atoms. The molecule has 0 saturated heterocycles. The van der Waals surface area contributed by atoms with E-state index in [9.17, 15) is 0 Å². The molecule has 0 spiro atoms. The number of hydrogen-bond donors (Lipinski definition) is 1. The monoisotopic (exact) mass is 292 g/mol. The summed E-state index contributed by atoms with van der Waals surface area (Å²) in [4.78, 5) is 5.91. The molecule has 4 heteroatoms. The zero-order valence-electron chi connectivity index (χ0n) is 11.6. The Labute approximate surface area is 123 Å². The SMILES string of the molecule is CCc1nc(CSc2cccc(C(C)NC)c2)cs1. The van der Waals surface area contributed by atoms with Gasteiger partial charge in [0.15, 0.2) is 0 Å². The normalized spacial score (nSPS) is 12.6. The zero-order chi connectivity index (χ0) is 13.7. The van der Waals surface area contributed by atoms with Crippen molar-refractivity contribution in [2.75, 3.05) is 7.05 Å². The van der Waals surface area contributed by atoms with Gasteiger partial charge in [-0.2, -0.15) is 0 Å². The third-order valence-electron chi connectivity index (χ3n) is 3.08. The van der Waals surface area contributed by atoms with Crippen LogP contribution in [0.1, 0.15) is 36.2 Å². The van der Waals surface area contributed by atoms with E-state index < -0.39 is 0 Å². The van der Waals surface area contributed by atoms with Gasteiger partial charge in [0.1, 0.15) is 0 Å². The molecule has 0 saturated carbocycles. The maximum atomic E-state index is 4.60. The molecule has 1 aromatic carbocycles. The van der Waals surface area contributed by atoms with Crippen molar-refractivity contribution in [3.05, 3.63) is 45.9 Å². The second kappa shape index (κ2) is 7.08. The van der Waals surface area contributed by atoms with Crippen LogP contribution in [0.4, 0.5) is 0 Å². The summed E-state index contributed by atoms with van der Waals surface area (Å²) in [7, 11) is 1.99. The van der Waals surface area contributed by atoms with E-state index in [2.05, 4.69) is 53.8 Å². The Morgan fingerprint density at radius 1 is 1.42 bits per heavy atom. The highest BCUT2D eigenvalue weighted by atomic mass is 32.2. The van der Waals surface area contributed by atoms with Crippen molar-refractivity contribution in [3.8, 4) is 0 Å². The Morgan fingerprint density at radius 2 is 2.26 bits per heavy atom. The molecule has 1 heterocycles. The zero-order valence-corrected chi connectivity index (χ0v) is 13.3. The van der Waals surface area contributed by atoms with Crippen LogP contribution < -0.4 is 5.32 Å². The van der Waals surface area contributed by atoms with E-state index in [0.29, 0.717) is 6.04 Å². The van der Waals surface area contributed by atoms with Gasteiger partial charge in [-0.1, -0.05) is 19.1 Å². The van der Waals surface area contributed by atoms with Gasteiger partial charge in [-0.25, -0.2) is 4.98 Å². The number of nitrogens with one attached hydrogen (secondary N) is 1. The molecule has 2 rings (SSSR count). The molecular formula is C15H20N2S2. The number of benzene rings is 1. The van der Waals surface area contributed by atoms with Crippen molar-refractivity contribution in [1.29, 1.82) is 0 Å². The van der Waals surface area contributed by atoms with Gasteiger partial charge in [-0.3, -0.25) is 0 Å². The molecule has 102 valence electrons. The first-order valence-corrected chi connectivity index (χ1v) is 8.42. The van der Waals surface area contributed by atoms with Crippen molar-refractivity contribution in [2.24, 2.45) is 0 Å². The number of rotatable bonds is 6. The summed E-state index contributed by atoms with van der Waals surface area (Å²) in [6.45, 7) is 4.33. The average Bonchev–Trinajstić information content (AvgIpc) is 2.92. The molecule has 1 atom stereocenters. The first kappa shape index (κ1) is 14.6. The standard InChI is InChI=1S/C15H20N2S2/c1-4-15-17-13(10-19-15)9-18-14-7-5-6-12(8-14)11(2)16-3/h5-8,10-11,16H,4,9H2,1-3H3. The fourth-order valence-electron chi connectivity index (χ4n) is 1.78. The third-order valence-corrected chi connectivity index (χ3v) is 5.15. The van der Waals surface area contributed by atoms with E-state index in [1.807, 2.05) is 18.8 Å².